The topological polar surface area (TPSA) is 72.7 Å². The molecule has 0 spiro atoms. The number of nitrogens with zero attached hydrogens (tertiary/aromatic N) is 4. The molecule has 1 aliphatic carbocycles. The number of nitrogens with one attached hydrogen (secondary N) is 1. The van der Waals surface area contributed by atoms with Crippen LogP contribution in [0.4, 0.5) is 0 Å². The Kier molecular flexibility index (Phi) is 2.90. The summed E-state index contributed by atoms with van der Waals surface area (Å²) >= 11 is 1.37. The van der Waals surface area contributed by atoms with Crippen molar-refractivity contribution in [3.63, 3.8) is 0 Å². The minimum absolute atomic E-state index is 0.0606. The van der Waals surface area contributed by atoms with E-state index in [2.05, 4.69) is 20.8 Å². The maximum atomic E-state index is 11.6. The van der Waals surface area contributed by atoms with Crippen molar-refractivity contribution in [1.29, 1.82) is 0 Å². The number of carbonyl (C=O) groups is 1. The highest BCUT2D eigenvalue weighted by Gasteiger charge is 2.26. The number of hydrogen-bond donors (Lipinski definition) is 1. The second-order valence-electron chi connectivity index (χ2n) is 3.63. The molecule has 6 nitrogen and oxygen atoms in total. The molecule has 82 valence electrons. The van der Waals surface area contributed by atoms with Crippen LogP contribution >= 0.6 is 11.8 Å². The van der Waals surface area contributed by atoms with Gasteiger partial charge in [-0.2, -0.15) is 0 Å². The minimum atomic E-state index is -0.157. The molecule has 0 unspecified atom stereocenters. The van der Waals surface area contributed by atoms with Gasteiger partial charge in [0.2, 0.25) is 11.1 Å². The zero-order chi connectivity index (χ0) is 10.8. The Hall–Kier alpha value is -1.11. The fraction of sp³-hybridized carbons (Fsp3) is 0.750. The molecule has 1 aromatic rings. The summed E-state index contributed by atoms with van der Waals surface area (Å²) in [6.07, 6.45) is 2.21. The van der Waals surface area contributed by atoms with Gasteiger partial charge in [0.15, 0.2) is 0 Å². The molecular weight excluding hydrogens is 214 g/mol. The number of hydrogen-bond acceptors (Lipinski definition) is 5. The van der Waals surface area contributed by atoms with E-state index in [9.17, 15) is 4.79 Å². The van der Waals surface area contributed by atoms with Gasteiger partial charge in [-0.1, -0.05) is 11.8 Å². The fourth-order valence-electron chi connectivity index (χ4n) is 1.08. The van der Waals surface area contributed by atoms with Crippen LogP contribution in [0.15, 0.2) is 5.16 Å². The maximum absolute atomic E-state index is 11.6. The van der Waals surface area contributed by atoms with Crippen LogP contribution in [-0.4, -0.2) is 37.4 Å². The molecule has 7 heteroatoms. The van der Waals surface area contributed by atoms with Crippen LogP contribution in [0, 0.1) is 0 Å². The van der Waals surface area contributed by atoms with E-state index in [1.807, 2.05) is 6.92 Å². The summed E-state index contributed by atoms with van der Waals surface area (Å²) in [7, 11) is 1.76. The van der Waals surface area contributed by atoms with Crippen molar-refractivity contribution in [3.05, 3.63) is 0 Å². The molecule has 1 aromatic heterocycles. The van der Waals surface area contributed by atoms with Crippen LogP contribution in [0.5, 0.6) is 0 Å². The third-order valence-corrected chi connectivity index (χ3v) is 3.28. The highest BCUT2D eigenvalue weighted by molar-refractivity contribution is 8.00. The van der Waals surface area contributed by atoms with Crippen molar-refractivity contribution in [2.24, 2.45) is 7.05 Å². The second kappa shape index (κ2) is 4.18. The lowest BCUT2D eigenvalue weighted by Crippen LogP contribution is -2.32. The van der Waals surface area contributed by atoms with Crippen molar-refractivity contribution in [2.75, 3.05) is 0 Å². The Morgan fingerprint density at radius 3 is 2.93 bits per heavy atom. The normalized spacial score (nSPS) is 17.5. The average Bonchev–Trinajstić information content (AvgIpc) is 2.92. The third-order valence-electron chi connectivity index (χ3n) is 2.16. The second-order valence-corrected chi connectivity index (χ2v) is 4.94. The van der Waals surface area contributed by atoms with E-state index in [4.69, 9.17) is 0 Å². The number of tetrazole rings is 1. The van der Waals surface area contributed by atoms with Crippen molar-refractivity contribution >= 4 is 17.7 Å². The lowest BCUT2D eigenvalue weighted by atomic mass is 10.4. The molecule has 0 radical (unpaired) electrons. The monoisotopic (exact) mass is 227 g/mol. The van der Waals surface area contributed by atoms with E-state index in [1.165, 1.54) is 11.8 Å². The van der Waals surface area contributed by atoms with E-state index in [1.54, 1.807) is 11.7 Å². The molecule has 0 aromatic carbocycles. The molecule has 1 N–H and O–H groups in total. The van der Waals surface area contributed by atoms with Gasteiger partial charge in [0.25, 0.3) is 0 Å². The first-order valence-electron chi connectivity index (χ1n) is 4.86. The molecule has 1 aliphatic rings. The lowest BCUT2D eigenvalue weighted by molar-refractivity contribution is -0.120. The molecule has 15 heavy (non-hydrogen) atoms. The highest BCUT2D eigenvalue weighted by atomic mass is 32.2. The van der Waals surface area contributed by atoms with Gasteiger partial charge in [-0.25, -0.2) is 4.68 Å². The number of amides is 1. The van der Waals surface area contributed by atoms with Gasteiger partial charge in [0.1, 0.15) is 0 Å². The van der Waals surface area contributed by atoms with Crippen LogP contribution in [0.25, 0.3) is 0 Å². The first-order valence-corrected chi connectivity index (χ1v) is 5.74. The number of aryl methyl sites for hydroxylation is 1. The lowest BCUT2D eigenvalue weighted by Gasteiger charge is -2.09. The molecular formula is C8H13N5OS. The van der Waals surface area contributed by atoms with Gasteiger partial charge in [-0.3, -0.25) is 4.79 Å². The minimum Gasteiger partial charge on any atom is -0.352 e. The van der Waals surface area contributed by atoms with E-state index in [0.29, 0.717) is 11.2 Å². The predicted octanol–water partition coefficient (Wildman–Crippen LogP) is -0.0307. The number of carbonyl (C=O) groups excluding carboxylic acids is 1. The Labute approximate surface area is 91.8 Å². The van der Waals surface area contributed by atoms with Crippen LogP contribution in [0.3, 0.4) is 0 Å². The molecule has 1 atom stereocenters. The van der Waals surface area contributed by atoms with E-state index in [0.717, 1.165) is 12.8 Å². The molecule has 0 bridgehead atoms. The van der Waals surface area contributed by atoms with Gasteiger partial charge in [-0.05, 0) is 30.2 Å². The summed E-state index contributed by atoms with van der Waals surface area (Å²) in [5, 5.41) is 14.5. The van der Waals surface area contributed by atoms with Crippen molar-refractivity contribution in [2.45, 2.75) is 36.2 Å². The van der Waals surface area contributed by atoms with Crippen LogP contribution in [-0.2, 0) is 11.8 Å². The largest absolute Gasteiger partial charge is 0.352 e. The summed E-state index contributed by atoms with van der Waals surface area (Å²) in [6.45, 7) is 1.86. The Morgan fingerprint density at radius 1 is 1.67 bits per heavy atom. The summed E-state index contributed by atoms with van der Waals surface area (Å²) in [5.41, 5.74) is 0. The van der Waals surface area contributed by atoms with Gasteiger partial charge < -0.3 is 5.32 Å². The predicted molar refractivity (Wildman–Crippen MR) is 55.3 cm³/mol. The summed E-state index contributed by atoms with van der Waals surface area (Å²) in [6, 6.07) is 0.401. The quantitative estimate of drug-likeness (QED) is 0.731. The zero-order valence-corrected chi connectivity index (χ0v) is 9.49. The summed E-state index contributed by atoms with van der Waals surface area (Å²) in [5.74, 6) is 0.0606. The SMILES string of the molecule is C[C@@H](Sc1nnnn1C)C(=O)NC1CC1. The third kappa shape index (κ3) is 2.68. The molecule has 0 aliphatic heterocycles. The standard InChI is InChI=1S/C8H13N5OS/c1-5(7(14)9-6-3-4-6)15-8-10-11-12-13(8)2/h5-6H,3-4H2,1-2H3,(H,9,14)/t5-/m1/s1. The Morgan fingerprint density at radius 2 is 2.40 bits per heavy atom. The van der Waals surface area contributed by atoms with E-state index >= 15 is 0 Å². The Balaban J connectivity index is 1.87. The summed E-state index contributed by atoms with van der Waals surface area (Å²) < 4.78 is 1.56. The van der Waals surface area contributed by atoms with Crippen LogP contribution in [0.2, 0.25) is 0 Å². The van der Waals surface area contributed by atoms with Gasteiger partial charge in [0, 0.05) is 13.1 Å². The molecule has 1 amide bonds. The van der Waals surface area contributed by atoms with Gasteiger partial charge in [-0.15, -0.1) is 5.10 Å². The number of rotatable bonds is 4. The van der Waals surface area contributed by atoms with Crippen molar-refractivity contribution < 1.29 is 4.79 Å². The van der Waals surface area contributed by atoms with Crippen LogP contribution < -0.4 is 5.32 Å². The average molecular weight is 227 g/mol. The first kappa shape index (κ1) is 10.4. The zero-order valence-electron chi connectivity index (χ0n) is 8.67. The molecule has 0 saturated heterocycles. The van der Waals surface area contributed by atoms with E-state index in [-0.39, 0.29) is 11.2 Å². The van der Waals surface area contributed by atoms with Crippen molar-refractivity contribution in [1.82, 2.24) is 25.5 Å². The van der Waals surface area contributed by atoms with Crippen molar-refractivity contribution in [3.8, 4) is 0 Å². The smallest absolute Gasteiger partial charge is 0.233 e. The Bertz CT molecular complexity index is 362. The number of thioether (sulfide) groups is 1. The molecule has 1 heterocycles. The van der Waals surface area contributed by atoms with Crippen LogP contribution in [0.1, 0.15) is 19.8 Å². The molecule has 2 rings (SSSR count). The molecule has 1 fully saturated rings. The van der Waals surface area contributed by atoms with E-state index < -0.39 is 0 Å². The highest BCUT2D eigenvalue weighted by Crippen LogP contribution is 2.22. The summed E-state index contributed by atoms with van der Waals surface area (Å²) in [4.78, 5) is 11.6. The molecule has 1 saturated carbocycles. The van der Waals surface area contributed by atoms with Gasteiger partial charge >= 0.3 is 0 Å². The first-order chi connectivity index (χ1) is 7.16. The fourth-order valence-corrected chi connectivity index (χ4v) is 1.84. The number of aromatic nitrogens is 4. The van der Waals surface area contributed by atoms with Gasteiger partial charge in [0.05, 0.1) is 5.25 Å². The maximum Gasteiger partial charge on any atom is 0.233 e.